The zero-order valence-electron chi connectivity index (χ0n) is 19.8. The van der Waals surface area contributed by atoms with Crippen LogP contribution in [0.3, 0.4) is 0 Å². The van der Waals surface area contributed by atoms with Crippen LogP contribution in [0.4, 0.5) is 17.2 Å². The molecule has 0 amide bonds. The van der Waals surface area contributed by atoms with Crippen LogP contribution in [0.5, 0.6) is 0 Å². The molecule has 36 heavy (non-hydrogen) atoms. The minimum absolute atomic E-state index is 0.182. The van der Waals surface area contributed by atoms with E-state index in [0.29, 0.717) is 17.5 Å². The molecule has 0 bridgehead atoms. The van der Waals surface area contributed by atoms with Gasteiger partial charge in [0, 0.05) is 24.3 Å². The zero-order chi connectivity index (χ0) is 24.5. The largest absolute Gasteiger partial charge is 0.375 e. The number of rotatable bonds is 5. The van der Waals surface area contributed by atoms with Gasteiger partial charge in [-0.2, -0.15) is 0 Å². The molecule has 1 saturated heterocycles. The number of anilines is 3. The number of fused-ring (bicyclic) bond motifs is 1. The van der Waals surface area contributed by atoms with Gasteiger partial charge in [-0.05, 0) is 42.8 Å². The third-order valence-corrected chi connectivity index (χ3v) is 6.61. The average molecular weight is 497 g/mol. The number of aromatic amines is 1. The van der Waals surface area contributed by atoms with Crippen molar-refractivity contribution in [2.75, 3.05) is 29.9 Å². The second kappa shape index (κ2) is 9.60. The molecule has 3 aromatic carbocycles. The van der Waals surface area contributed by atoms with Crippen LogP contribution < -0.4 is 10.2 Å². The molecule has 0 saturated carbocycles. The number of H-pyrrole nitrogens is 1. The van der Waals surface area contributed by atoms with E-state index in [0.717, 1.165) is 58.1 Å². The van der Waals surface area contributed by atoms with E-state index in [2.05, 4.69) is 27.1 Å². The van der Waals surface area contributed by atoms with Crippen LogP contribution in [0.1, 0.15) is 6.92 Å². The molecule has 6 rings (SSSR count). The van der Waals surface area contributed by atoms with Crippen LogP contribution in [0.2, 0.25) is 5.02 Å². The van der Waals surface area contributed by atoms with E-state index >= 15 is 0 Å². The molecule has 0 radical (unpaired) electrons. The van der Waals surface area contributed by atoms with Gasteiger partial charge >= 0.3 is 0 Å². The molecule has 5 aromatic rings. The Morgan fingerprint density at radius 1 is 1.03 bits per heavy atom. The lowest BCUT2D eigenvalue weighted by Crippen LogP contribution is -2.41. The number of hydrogen-bond acceptors (Lipinski definition) is 6. The summed E-state index contributed by atoms with van der Waals surface area (Å²) in [7, 11) is 0. The fraction of sp³-hybridized carbons (Fsp3) is 0.179. The number of halogens is 1. The summed E-state index contributed by atoms with van der Waals surface area (Å²) in [4.78, 5) is 19.8. The standard InChI is InChI=1S/C28H25ClN6O/c1-18-17-35(12-13-36-18)26-16-30-27-23(8-5-9-24(27)33-26)32-20-10-11-22(29)21(14-20)28-31-15-25(34-28)19-6-3-2-4-7-19/h2-11,14-16,18,32H,12-13,17H2,1H3,(H,31,34)/t18-/m1/s1. The molecule has 2 aromatic heterocycles. The summed E-state index contributed by atoms with van der Waals surface area (Å²) in [6.07, 6.45) is 3.85. The molecule has 2 N–H and O–H groups in total. The highest BCUT2D eigenvalue weighted by molar-refractivity contribution is 6.33. The van der Waals surface area contributed by atoms with Gasteiger partial charge in [0.05, 0.1) is 47.0 Å². The monoisotopic (exact) mass is 496 g/mol. The number of ether oxygens (including phenoxy) is 1. The second-order valence-electron chi connectivity index (χ2n) is 8.86. The number of benzene rings is 3. The van der Waals surface area contributed by atoms with Crippen molar-refractivity contribution in [3.8, 4) is 22.6 Å². The predicted octanol–water partition coefficient (Wildman–Crippen LogP) is 6.31. The van der Waals surface area contributed by atoms with Crippen LogP contribution in [-0.4, -0.2) is 45.7 Å². The molecular weight excluding hydrogens is 472 g/mol. The van der Waals surface area contributed by atoms with E-state index in [-0.39, 0.29) is 6.10 Å². The van der Waals surface area contributed by atoms with E-state index < -0.39 is 0 Å². The van der Waals surface area contributed by atoms with Gasteiger partial charge in [-0.3, -0.25) is 0 Å². The van der Waals surface area contributed by atoms with Gasteiger partial charge in [0.15, 0.2) is 0 Å². The molecule has 3 heterocycles. The Morgan fingerprint density at radius 2 is 1.92 bits per heavy atom. The van der Waals surface area contributed by atoms with Crippen molar-refractivity contribution >= 4 is 39.8 Å². The van der Waals surface area contributed by atoms with Gasteiger partial charge in [0.1, 0.15) is 17.2 Å². The summed E-state index contributed by atoms with van der Waals surface area (Å²) in [5, 5.41) is 4.11. The fourth-order valence-corrected chi connectivity index (χ4v) is 4.68. The molecule has 8 heteroatoms. The third kappa shape index (κ3) is 4.51. The maximum Gasteiger partial charge on any atom is 0.148 e. The molecule has 0 spiro atoms. The quantitative estimate of drug-likeness (QED) is 0.297. The fourth-order valence-electron chi connectivity index (χ4n) is 4.47. The molecule has 180 valence electrons. The topological polar surface area (TPSA) is 79.0 Å². The Balaban J connectivity index is 1.29. The van der Waals surface area contributed by atoms with Crippen molar-refractivity contribution in [2.45, 2.75) is 13.0 Å². The number of para-hydroxylation sites is 1. The molecule has 1 fully saturated rings. The molecule has 1 atom stereocenters. The smallest absolute Gasteiger partial charge is 0.148 e. The van der Waals surface area contributed by atoms with Gasteiger partial charge in [-0.15, -0.1) is 0 Å². The van der Waals surface area contributed by atoms with Gasteiger partial charge in [-0.25, -0.2) is 15.0 Å². The van der Waals surface area contributed by atoms with Crippen LogP contribution in [0.15, 0.2) is 79.1 Å². The average Bonchev–Trinajstić information content (AvgIpc) is 3.40. The van der Waals surface area contributed by atoms with Crippen molar-refractivity contribution in [3.63, 3.8) is 0 Å². The number of hydrogen-bond donors (Lipinski definition) is 2. The molecular formula is C28H25ClN6O. The maximum atomic E-state index is 6.56. The predicted molar refractivity (Wildman–Crippen MR) is 145 cm³/mol. The Hall–Kier alpha value is -3.94. The number of nitrogens with zero attached hydrogens (tertiary/aromatic N) is 4. The summed E-state index contributed by atoms with van der Waals surface area (Å²) < 4.78 is 5.66. The van der Waals surface area contributed by atoms with E-state index in [9.17, 15) is 0 Å². The minimum Gasteiger partial charge on any atom is -0.375 e. The van der Waals surface area contributed by atoms with E-state index in [1.165, 1.54) is 0 Å². The third-order valence-electron chi connectivity index (χ3n) is 6.29. The Morgan fingerprint density at radius 3 is 2.78 bits per heavy atom. The Labute approximate surface area is 214 Å². The first kappa shape index (κ1) is 22.5. The summed E-state index contributed by atoms with van der Waals surface area (Å²) in [5.41, 5.74) is 6.23. The molecule has 0 unspecified atom stereocenters. The summed E-state index contributed by atoms with van der Waals surface area (Å²) in [6.45, 7) is 4.40. The second-order valence-corrected chi connectivity index (χ2v) is 9.27. The molecule has 1 aliphatic heterocycles. The Kier molecular flexibility index (Phi) is 6.01. The SMILES string of the molecule is C[C@@H]1CN(c2cnc3c(Nc4ccc(Cl)c(-c5ncc(-c6ccccc6)[nH]5)c4)cccc3n2)CCO1. The Bertz CT molecular complexity index is 1520. The zero-order valence-corrected chi connectivity index (χ0v) is 20.5. The molecule has 7 nitrogen and oxygen atoms in total. The first-order valence-electron chi connectivity index (χ1n) is 11.9. The highest BCUT2D eigenvalue weighted by Gasteiger charge is 2.19. The number of nitrogens with one attached hydrogen (secondary N) is 2. The first-order chi connectivity index (χ1) is 17.6. The summed E-state index contributed by atoms with van der Waals surface area (Å²) >= 11 is 6.56. The minimum atomic E-state index is 0.182. The summed E-state index contributed by atoms with van der Waals surface area (Å²) in [6, 6.07) is 21.9. The van der Waals surface area contributed by atoms with E-state index in [1.807, 2.05) is 79.1 Å². The van der Waals surface area contributed by atoms with Crippen molar-refractivity contribution in [1.29, 1.82) is 0 Å². The van der Waals surface area contributed by atoms with Crippen molar-refractivity contribution in [3.05, 3.63) is 84.1 Å². The highest BCUT2D eigenvalue weighted by Crippen LogP contribution is 2.33. The van der Waals surface area contributed by atoms with Gasteiger partial charge in [-0.1, -0.05) is 48.0 Å². The van der Waals surface area contributed by atoms with Gasteiger partial charge in [0.2, 0.25) is 0 Å². The lowest BCUT2D eigenvalue weighted by Gasteiger charge is -2.31. The van der Waals surface area contributed by atoms with Crippen LogP contribution in [0, 0.1) is 0 Å². The van der Waals surface area contributed by atoms with Gasteiger partial charge in [0.25, 0.3) is 0 Å². The van der Waals surface area contributed by atoms with Crippen LogP contribution in [-0.2, 0) is 4.74 Å². The van der Waals surface area contributed by atoms with Crippen LogP contribution in [0.25, 0.3) is 33.7 Å². The van der Waals surface area contributed by atoms with Crippen molar-refractivity contribution in [2.24, 2.45) is 0 Å². The van der Waals surface area contributed by atoms with E-state index in [4.69, 9.17) is 26.3 Å². The number of morpholine rings is 1. The van der Waals surface area contributed by atoms with Gasteiger partial charge < -0.3 is 19.9 Å². The molecule has 0 aliphatic carbocycles. The normalized spacial score (nSPS) is 15.8. The summed E-state index contributed by atoms with van der Waals surface area (Å²) in [5.74, 6) is 1.58. The maximum absolute atomic E-state index is 6.56. The molecule has 1 aliphatic rings. The highest BCUT2D eigenvalue weighted by atomic mass is 35.5. The first-order valence-corrected chi connectivity index (χ1v) is 12.3. The van der Waals surface area contributed by atoms with Crippen molar-refractivity contribution < 1.29 is 4.74 Å². The number of aromatic nitrogens is 4. The lowest BCUT2D eigenvalue weighted by atomic mass is 10.1. The van der Waals surface area contributed by atoms with Crippen LogP contribution >= 0.6 is 11.6 Å². The number of imidazole rings is 1. The lowest BCUT2D eigenvalue weighted by molar-refractivity contribution is 0.0529. The van der Waals surface area contributed by atoms with Crippen molar-refractivity contribution in [1.82, 2.24) is 19.9 Å². The van der Waals surface area contributed by atoms with E-state index in [1.54, 1.807) is 0 Å².